The number of nitrogens with zero attached hydrogens (tertiary/aromatic N) is 2. The summed E-state index contributed by atoms with van der Waals surface area (Å²) in [7, 11) is -3.79. The summed E-state index contributed by atoms with van der Waals surface area (Å²) in [5, 5.41) is -0.158. The average molecular weight is 376 g/mol. The molecule has 0 fully saturated rings. The van der Waals surface area contributed by atoms with Crippen LogP contribution in [0.25, 0.3) is 16.6 Å². The Morgan fingerprint density at radius 2 is 1.85 bits per heavy atom. The van der Waals surface area contributed by atoms with E-state index in [-0.39, 0.29) is 23.1 Å². The number of para-hydroxylation sites is 1. The van der Waals surface area contributed by atoms with E-state index in [4.69, 9.17) is 4.18 Å². The van der Waals surface area contributed by atoms with Gasteiger partial charge in [-0.1, -0.05) is 31.2 Å². The molecule has 0 N–H and O–H groups in total. The van der Waals surface area contributed by atoms with Crippen LogP contribution in [0, 0.1) is 5.82 Å². The monoisotopic (exact) mass is 376 g/mol. The van der Waals surface area contributed by atoms with Gasteiger partial charge in [0.15, 0.2) is 0 Å². The highest BCUT2D eigenvalue weighted by atomic mass is 32.2. The Kier molecular flexibility index (Phi) is 4.88. The van der Waals surface area contributed by atoms with Gasteiger partial charge in [0.25, 0.3) is 15.7 Å². The zero-order chi connectivity index (χ0) is 18.9. The highest BCUT2D eigenvalue weighted by Crippen LogP contribution is 2.25. The van der Waals surface area contributed by atoms with Gasteiger partial charge in [-0.15, -0.1) is 0 Å². The van der Waals surface area contributed by atoms with Crippen LogP contribution in [-0.4, -0.2) is 24.2 Å². The Hall–Kier alpha value is -2.58. The second-order valence-electron chi connectivity index (χ2n) is 5.78. The van der Waals surface area contributed by atoms with Crippen LogP contribution in [0.5, 0.6) is 0 Å². The molecule has 3 rings (SSSR count). The smallest absolute Gasteiger partial charge is 0.268 e. The highest BCUT2D eigenvalue weighted by Gasteiger charge is 2.24. The molecular formula is C18H17FN2O4S. The molecule has 3 aromatic rings. The minimum absolute atomic E-state index is 0.104. The fraction of sp³-hybridized carbons (Fsp3) is 0.222. The molecule has 1 heterocycles. The van der Waals surface area contributed by atoms with E-state index in [1.165, 1.54) is 22.8 Å². The van der Waals surface area contributed by atoms with Crippen LogP contribution >= 0.6 is 0 Å². The fourth-order valence-electron chi connectivity index (χ4n) is 2.75. The summed E-state index contributed by atoms with van der Waals surface area (Å²) >= 11 is 0. The van der Waals surface area contributed by atoms with E-state index in [0.717, 1.165) is 6.26 Å². The molecule has 1 atom stereocenters. The number of halogens is 1. The van der Waals surface area contributed by atoms with Gasteiger partial charge in [-0.25, -0.2) is 9.37 Å². The topological polar surface area (TPSA) is 78.3 Å². The van der Waals surface area contributed by atoms with Crippen molar-refractivity contribution in [2.45, 2.75) is 19.4 Å². The van der Waals surface area contributed by atoms with E-state index in [1.54, 1.807) is 37.3 Å². The zero-order valence-electron chi connectivity index (χ0n) is 14.2. The van der Waals surface area contributed by atoms with E-state index in [9.17, 15) is 17.6 Å². The maximum absolute atomic E-state index is 14.2. The lowest BCUT2D eigenvalue weighted by atomic mass is 10.2. The summed E-state index contributed by atoms with van der Waals surface area (Å²) in [6.07, 6.45) is 0.208. The van der Waals surface area contributed by atoms with Crippen LogP contribution in [0.4, 0.5) is 4.39 Å². The van der Waals surface area contributed by atoms with Crippen LogP contribution in [0.15, 0.2) is 53.3 Å². The molecule has 6 nitrogen and oxygen atoms in total. The van der Waals surface area contributed by atoms with Gasteiger partial charge < -0.3 is 0 Å². The summed E-state index contributed by atoms with van der Waals surface area (Å²) in [5.41, 5.74) is -0.0294. The van der Waals surface area contributed by atoms with Gasteiger partial charge >= 0.3 is 0 Å². The van der Waals surface area contributed by atoms with Crippen molar-refractivity contribution in [3.8, 4) is 5.69 Å². The van der Waals surface area contributed by atoms with Gasteiger partial charge in [0.05, 0.1) is 17.5 Å². The lowest BCUT2D eigenvalue weighted by Crippen LogP contribution is -2.27. The van der Waals surface area contributed by atoms with Crippen molar-refractivity contribution in [1.29, 1.82) is 0 Å². The van der Waals surface area contributed by atoms with Crippen molar-refractivity contribution < 1.29 is 17.0 Å². The molecule has 0 amide bonds. The molecule has 26 heavy (non-hydrogen) atoms. The fourth-order valence-corrected chi connectivity index (χ4v) is 3.40. The van der Waals surface area contributed by atoms with Crippen LogP contribution in [0.3, 0.4) is 0 Å². The number of hydrogen-bond acceptors (Lipinski definition) is 5. The Labute approximate surface area is 150 Å². The average Bonchev–Trinajstić information content (AvgIpc) is 2.59. The van der Waals surface area contributed by atoms with Crippen molar-refractivity contribution >= 4 is 21.0 Å². The van der Waals surface area contributed by atoms with E-state index >= 15 is 0 Å². The van der Waals surface area contributed by atoms with Crippen LogP contribution in [-0.2, 0) is 14.3 Å². The Morgan fingerprint density at radius 3 is 2.46 bits per heavy atom. The molecule has 0 saturated heterocycles. The van der Waals surface area contributed by atoms with Gasteiger partial charge in [-0.05, 0) is 30.7 Å². The third-order valence-electron chi connectivity index (χ3n) is 3.84. The van der Waals surface area contributed by atoms with Gasteiger partial charge in [0, 0.05) is 0 Å². The third kappa shape index (κ3) is 3.51. The number of aromatic nitrogens is 2. The predicted molar refractivity (Wildman–Crippen MR) is 96.3 cm³/mol. The predicted octanol–water partition coefficient (Wildman–Crippen LogP) is 2.95. The molecular weight excluding hydrogens is 359 g/mol. The zero-order valence-corrected chi connectivity index (χ0v) is 15.0. The van der Waals surface area contributed by atoms with Gasteiger partial charge in [0.1, 0.15) is 23.1 Å². The molecule has 0 bridgehead atoms. The Bertz CT molecular complexity index is 1110. The first-order valence-corrected chi connectivity index (χ1v) is 9.78. The quantitative estimate of drug-likeness (QED) is 0.640. The molecule has 0 saturated carbocycles. The van der Waals surface area contributed by atoms with Gasteiger partial charge in [-0.2, -0.15) is 8.42 Å². The summed E-state index contributed by atoms with van der Waals surface area (Å²) in [6.45, 7) is 1.72. The first-order valence-electron chi connectivity index (χ1n) is 7.96. The third-order valence-corrected chi connectivity index (χ3v) is 4.42. The SMILES string of the molecule is CCC(OS(C)(=O)=O)c1nc2cccc(F)c2c(=O)n1-c1ccccc1. The molecule has 0 aliphatic heterocycles. The molecule has 1 unspecified atom stereocenters. The molecule has 136 valence electrons. The summed E-state index contributed by atoms with van der Waals surface area (Å²) in [5.74, 6) is -0.583. The molecule has 2 aromatic carbocycles. The van der Waals surface area contributed by atoms with Crippen molar-refractivity contribution in [2.75, 3.05) is 6.26 Å². The summed E-state index contributed by atoms with van der Waals surface area (Å²) in [4.78, 5) is 17.4. The molecule has 0 spiro atoms. The minimum Gasteiger partial charge on any atom is -0.268 e. The van der Waals surface area contributed by atoms with Gasteiger partial charge in [0.2, 0.25) is 0 Å². The van der Waals surface area contributed by atoms with Crippen molar-refractivity contribution in [2.24, 2.45) is 0 Å². The van der Waals surface area contributed by atoms with Crippen molar-refractivity contribution in [1.82, 2.24) is 9.55 Å². The largest absolute Gasteiger partial charge is 0.269 e. The standard InChI is InChI=1S/C18H17FN2O4S/c1-3-15(25-26(2,23)24)17-20-14-11-7-10-13(19)16(14)18(22)21(17)12-8-5-4-6-9-12/h4-11,15H,3H2,1-2H3. The first kappa shape index (κ1) is 18.2. The van der Waals surface area contributed by atoms with E-state index < -0.39 is 27.6 Å². The molecule has 8 heteroatoms. The second kappa shape index (κ2) is 6.97. The summed E-state index contributed by atoms with van der Waals surface area (Å²) in [6, 6.07) is 12.7. The molecule has 1 aromatic heterocycles. The molecule has 0 radical (unpaired) electrons. The van der Waals surface area contributed by atoms with Gasteiger partial charge in [-0.3, -0.25) is 13.5 Å². The lowest BCUT2D eigenvalue weighted by Gasteiger charge is -2.20. The molecule has 0 aliphatic rings. The lowest BCUT2D eigenvalue weighted by molar-refractivity contribution is 0.198. The van der Waals surface area contributed by atoms with Crippen LogP contribution in [0.1, 0.15) is 25.3 Å². The Morgan fingerprint density at radius 1 is 1.15 bits per heavy atom. The van der Waals surface area contributed by atoms with Crippen molar-refractivity contribution in [3.05, 3.63) is 70.5 Å². The Balaban J connectivity index is 2.39. The maximum atomic E-state index is 14.2. The van der Waals surface area contributed by atoms with Crippen molar-refractivity contribution in [3.63, 3.8) is 0 Å². The highest BCUT2D eigenvalue weighted by molar-refractivity contribution is 7.86. The number of fused-ring (bicyclic) bond motifs is 1. The number of benzene rings is 2. The molecule has 0 aliphatic carbocycles. The first-order chi connectivity index (χ1) is 12.3. The van der Waals surface area contributed by atoms with E-state index in [1.807, 2.05) is 0 Å². The summed E-state index contributed by atoms with van der Waals surface area (Å²) < 4.78 is 43.8. The van der Waals surface area contributed by atoms with Crippen LogP contribution in [0.2, 0.25) is 0 Å². The second-order valence-corrected chi connectivity index (χ2v) is 7.38. The van der Waals surface area contributed by atoms with Crippen LogP contribution < -0.4 is 5.56 Å². The number of rotatable bonds is 5. The van der Waals surface area contributed by atoms with E-state index in [2.05, 4.69) is 4.98 Å². The maximum Gasteiger partial charge on any atom is 0.269 e. The number of hydrogen-bond donors (Lipinski definition) is 0. The minimum atomic E-state index is -3.79. The van der Waals surface area contributed by atoms with E-state index in [0.29, 0.717) is 5.69 Å². The normalized spacial score (nSPS) is 13.0.